The minimum atomic E-state index is -0.706. The minimum absolute atomic E-state index is 0.000636. The number of morpholine rings is 1. The Morgan fingerprint density at radius 3 is 2.57 bits per heavy atom. The van der Waals surface area contributed by atoms with Crippen molar-refractivity contribution >= 4 is 12.1 Å². The first kappa shape index (κ1) is 21.1. The highest BCUT2D eigenvalue weighted by molar-refractivity contribution is 5.93. The van der Waals surface area contributed by atoms with Crippen molar-refractivity contribution in [2.45, 2.75) is 58.1 Å². The molecule has 0 aromatic heterocycles. The van der Waals surface area contributed by atoms with E-state index in [-0.39, 0.29) is 30.8 Å². The fraction of sp³-hybridized carbons (Fsp3) is 0.636. The largest absolute Gasteiger partial charge is 0.457 e. The molecule has 4 rings (SSSR count). The van der Waals surface area contributed by atoms with Gasteiger partial charge in [0.2, 0.25) is 0 Å². The van der Waals surface area contributed by atoms with E-state index < -0.39 is 11.7 Å². The van der Waals surface area contributed by atoms with E-state index in [0.717, 1.165) is 16.7 Å². The Kier molecular flexibility index (Phi) is 5.50. The van der Waals surface area contributed by atoms with Crippen LogP contribution >= 0.6 is 0 Å². The summed E-state index contributed by atoms with van der Waals surface area (Å²) in [6, 6.07) is 3.55. The molecule has 0 saturated carbocycles. The summed E-state index contributed by atoms with van der Waals surface area (Å²) in [7, 11) is 0. The van der Waals surface area contributed by atoms with Gasteiger partial charge in [0.1, 0.15) is 12.2 Å². The molecule has 3 heterocycles. The highest BCUT2D eigenvalue weighted by Crippen LogP contribution is 2.31. The number of benzene rings is 1. The van der Waals surface area contributed by atoms with Crippen molar-refractivity contribution < 1.29 is 28.9 Å². The molecule has 2 unspecified atom stereocenters. The van der Waals surface area contributed by atoms with Crippen LogP contribution in [0, 0.1) is 6.92 Å². The number of ether oxygens (including phenoxy) is 3. The van der Waals surface area contributed by atoms with Crippen LogP contribution in [0.1, 0.15) is 53.9 Å². The van der Waals surface area contributed by atoms with Crippen molar-refractivity contribution in [1.29, 1.82) is 0 Å². The Balaban J connectivity index is 1.47. The van der Waals surface area contributed by atoms with Crippen LogP contribution in [0.25, 0.3) is 0 Å². The molecule has 8 heteroatoms. The van der Waals surface area contributed by atoms with Crippen LogP contribution in [-0.4, -0.2) is 77.5 Å². The van der Waals surface area contributed by atoms with Gasteiger partial charge in [-0.05, 0) is 44.9 Å². The summed E-state index contributed by atoms with van der Waals surface area (Å²) in [5.41, 5.74) is 2.61. The van der Waals surface area contributed by atoms with Crippen molar-refractivity contribution in [1.82, 2.24) is 9.80 Å². The third kappa shape index (κ3) is 4.04. The summed E-state index contributed by atoms with van der Waals surface area (Å²) < 4.78 is 16.4. The summed E-state index contributed by atoms with van der Waals surface area (Å²) in [5.74, 6) is -0.306. The summed E-state index contributed by atoms with van der Waals surface area (Å²) in [4.78, 5) is 28.3. The molecule has 1 N–H and O–H groups in total. The molecule has 1 aromatic rings. The van der Waals surface area contributed by atoms with Gasteiger partial charge in [0, 0.05) is 25.2 Å². The van der Waals surface area contributed by atoms with E-state index in [1.807, 2.05) is 33.8 Å². The van der Waals surface area contributed by atoms with E-state index >= 15 is 0 Å². The summed E-state index contributed by atoms with van der Waals surface area (Å²) in [5, 5.41) is 11.0. The van der Waals surface area contributed by atoms with Crippen LogP contribution in [0.5, 0.6) is 0 Å². The number of aliphatic hydroxyl groups is 1. The number of carbonyl (C=O) groups excluding carboxylic acids is 2. The SMILES string of the molecule is Cc1c([C@H](O)CN2C3COCC2CN(C(=O)OC(C)(C)C)C3)ccc2c1COC2=O. The lowest BCUT2D eigenvalue weighted by Gasteiger charge is -2.50. The molecule has 2 saturated heterocycles. The lowest BCUT2D eigenvalue weighted by molar-refractivity contribution is -0.108. The molecule has 1 aromatic carbocycles. The zero-order valence-corrected chi connectivity index (χ0v) is 18.0. The van der Waals surface area contributed by atoms with Crippen LogP contribution in [0.2, 0.25) is 0 Å². The van der Waals surface area contributed by atoms with E-state index in [2.05, 4.69) is 4.90 Å². The first-order valence-electron chi connectivity index (χ1n) is 10.4. The van der Waals surface area contributed by atoms with Crippen molar-refractivity contribution in [3.8, 4) is 0 Å². The smallest absolute Gasteiger partial charge is 0.410 e. The van der Waals surface area contributed by atoms with Crippen LogP contribution in [-0.2, 0) is 20.8 Å². The van der Waals surface area contributed by atoms with Crippen molar-refractivity contribution in [2.75, 3.05) is 32.8 Å². The number of nitrogens with zero attached hydrogens (tertiary/aromatic N) is 2. The van der Waals surface area contributed by atoms with Gasteiger partial charge in [-0.25, -0.2) is 9.59 Å². The predicted molar refractivity (Wildman–Crippen MR) is 108 cm³/mol. The lowest BCUT2D eigenvalue weighted by atomic mass is 9.94. The molecule has 3 atom stereocenters. The topological polar surface area (TPSA) is 88.5 Å². The van der Waals surface area contributed by atoms with Gasteiger partial charge < -0.3 is 24.2 Å². The van der Waals surface area contributed by atoms with Gasteiger partial charge in [-0.1, -0.05) is 6.07 Å². The number of piperazine rings is 1. The van der Waals surface area contributed by atoms with E-state index in [9.17, 15) is 14.7 Å². The fourth-order valence-electron chi connectivity index (χ4n) is 4.53. The fourth-order valence-corrected chi connectivity index (χ4v) is 4.53. The maximum absolute atomic E-state index is 12.5. The molecule has 0 radical (unpaired) electrons. The van der Waals surface area contributed by atoms with Gasteiger partial charge in [-0.2, -0.15) is 0 Å². The number of esters is 1. The molecule has 2 bridgehead atoms. The number of rotatable bonds is 3. The second kappa shape index (κ2) is 7.83. The number of hydrogen-bond donors (Lipinski definition) is 1. The number of amides is 1. The predicted octanol–water partition coefficient (Wildman–Crippen LogP) is 2.02. The molecule has 0 spiro atoms. The number of carbonyl (C=O) groups is 2. The van der Waals surface area contributed by atoms with Crippen LogP contribution < -0.4 is 0 Å². The lowest BCUT2D eigenvalue weighted by Crippen LogP contribution is -2.66. The highest BCUT2D eigenvalue weighted by Gasteiger charge is 2.41. The summed E-state index contributed by atoms with van der Waals surface area (Å²) in [6.45, 7) is 10.2. The molecular weight excluding hydrogens is 388 g/mol. The number of aliphatic hydroxyl groups excluding tert-OH is 1. The highest BCUT2D eigenvalue weighted by atomic mass is 16.6. The molecule has 3 aliphatic heterocycles. The van der Waals surface area contributed by atoms with Crippen LogP contribution in [0.15, 0.2) is 12.1 Å². The number of cyclic esters (lactones) is 1. The van der Waals surface area contributed by atoms with E-state index in [0.29, 0.717) is 38.4 Å². The third-order valence-electron chi connectivity index (χ3n) is 6.02. The van der Waals surface area contributed by atoms with Crippen molar-refractivity contribution in [2.24, 2.45) is 0 Å². The minimum Gasteiger partial charge on any atom is -0.457 e. The van der Waals surface area contributed by atoms with Crippen LogP contribution in [0.4, 0.5) is 4.79 Å². The zero-order chi connectivity index (χ0) is 21.6. The Morgan fingerprint density at radius 2 is 1.93 bits per heavy atom. The van der Waals surface area contributed by atoms with Gasteiger partial charge in [0.25, 0.3) is 0 Å². The summed E-state index contributed by atoms with van der Waals surface area (Å²) >= 11 is 0. The van der Waals surface area contributed by atoms with Gasteiger partial charge in [0.15, 0.2) is 0 Å². The Morgan fingerprint density at radius 1 is 1.27 bits per heavy atom. The van der Waals surface area contributed by atoms with E-state index in [4.69, 9.17) is 14.2 Å². The van der Waals surface area contributed by atoms with Crippen molar-refractivity contribution in [3.05, 3.63) is 34.4 Å². The molecule has 30 heavy (non-hydrogen) atoms. The van der Waals surface area contributed by atoms with E-state index in [1.54, 1.807) is 11.0 Å². The molecule has 3 aliphatic rings. The average molecular weight is 418 g/mol. The number of hydrogen-bond acceptors (Lipinski definition) is 7. The van der Waals surface area contributed by atoms with Gasteiger partial charge >= 0.3 is 12.1 Å². The second-order valence-electron chi connectivity index (χ2n) is 9.33. The number of fused-ring (bicyclic) bond motifs is 3. The zero-order valence-electron chi connectivity index (χ0n) is 18.0. The van der Waals surface area contributed by atoms with Crippen molar-refractivity contribution in [3.63, 3.8) is 0 Å². The monoisotopic (exact) mass is 418 g/mol. The molecule has 8 nitrogen and oxygen atoms in total. The molecular formula is C22H30N2O6. The van der Waals surface area contributed by atoms with Gasteiger partial charge in [0.05, 0.1) is 37.0 Å². The second-order valence-corrected chi connectivity index (χ2v) is 9.33. The average Bonchev–Trinajstić information content (AvgIpc) is 3.02. The molecule has 1 amide bonds. The maximum Gasteiger partial charge on any atom is 0.410 e. The molecule has 0 aliphatic carbocycles. The standard InChI is InChI=1S/C22H30N2O6/c1-13-16(5-6-17-18(13)12-29-20(17)26)19(25)9-24-14-7-23(8-15(24)11-28-10-14)21(27)30-22(2,3)4/h5-6,14-15,19,25H,7-12H2,1-4H3/t14?,15?,19-/m1/s1. The normalized spacial score (nSPS) is 25.0. The Labute approximate surface area is 176 Å². The third-order valence-corrected chi connectivity index (χ3v) is 6.02. The Bertz CT molecular complexity index is 835. The molecule has 2 fully saturated rings. The summed E-state index contributed by atoms with van der Waals surface area (Å²) in [6.07, 6.45) is -1.01. The quantitative estimate of drug-likeness (QED) is 0.752. The maximum atomic E-state index is 12.5. The van der Waals surface area contributed by atoms with E-state index in [1.165, 1.54) is 0 Å². The first-order chi connectivity index (χ1) is 14.1. The van der Waals surface area contributed by atoms with Crippen LogP contribution in [0.3, 0.4) is 0 Å². The van der Waals surface area contributed by atoms with Gasteiger partial charge in [-0.3, -0.25) is 4.90 Å². The molecule has 164 valence electrons. The van der Waals surface area contributed by atoms with Gasteiger partial charge in [-0.15, -0.1) is 0 Å². The first-order valence-corrected chi connectivity index (χ1v) is 10.4. The Hall–Kier alpha value is -2.16.